The number of para-hydroxylation sites is 1. The molecule has 88 valence electrons. The van der Waals surface area contributed by atoms with Crippen LogP contribution >= 0.6 is 0 Å². The maximum Gasteiger partial charge on any atom is 0.354 e. The number of benzene rings is 1. The highest BCUT2D eigenvalue weighted by atomic mass is 16.4. The van der Waals surface area contributed by atoms with Crippen LogP contribution in [0.1, 0.15) is 10.5 Å². The van der Waals surface area contributed by atoms with Crippen LogP contribution in [0.2, 0.25) is 0 Å². The van der Waals surface area contributed by atoms with Crippen molar-refractivity contribution in [1.82, 2.24) is 4.98 Å². The summed E-state index contributed by atoms with van der Waals surface area (Å²) >= 11 is 0. The minimum Gasteiger partial charge on any atom is -0.477 e. The number of furan rings is 1. The number of aromatic carboxylic acids is 1. The first-order chi connectivity index (χ1) is 8.75. The fraction of sp³-hybridized carbons (Fsp3) is 0. The van der Waals surface area contributed by atoms with Gasteiger partial charge in [0.2, 0.25) is 0 Å². The molecular formula is C14H9NO3. The number of carboxylic acid groups (broad SMARTS) is 1. The molecule has 0 aliphatic heterocycles. The minimum absolute atomic E-state index is 0.0257. The molecule has 1 aromatic carbocycles. The summed E-state index contributed by atoms with van der Waals surface area (Å²) in [4.78, 5) is 15.0. The van der Waals surface area contributed by atoms with E-state index in [1.165, 1.54) is 6.07 Å². The van der Waals surface area contributed by atoms with Gasteiger partial charge in [-0.1, -0.05) is 24.3 Å². The molecule has 0 saturated carbocycles. The van der Waals surface area contributed by atoms with Crippen molar-refractivity contribution in [3.63, 3.8) is 0 Å². The summed E-state index contributed by atoms with van der Waals surface area (Å²) in [5.41, 5.74) is 2.18. The van der Waals surface area contributed by atoms with Gasteiger partial charge in [-0.2, -0.15) is 0 Å². The van der Waals surface area contributed by atoms with Crippen molar-refractivity contribution in [3.05, 3.63) is 54.4 Å². The molecule has 0 saturated heterocycles. The summed E-state index contributed by atoms with van der Waals surface area (Å²) in [6.07, 6.45) is 1.60. The SMILES string of the molecule is O=C(O)c1cccc(-c2coc3ccccc23)n1. The molecular weight excluding hydrogens is 230 g/mol. The lowest BCUT2D eigenvalue weighted by Gasteiger charge is -1.99. The Hall–Kier alpha value is -2.62. The quantitative estimate of drug-likeness (QED) is 0.745. The van der Waals surface area contributed by atoms with Gasteiger partial charge < -0.3 is 9.52 Å². The predicted octanol–water partition coefficient (Wildman–Crippen LogP) is 3.19. The highest BCUT2D eigenvalue weighted by molar-refractivity contribution is 5.93. The van der Waals surface area contributed by atoms with Crippen LogP contribution in [0.4, 0.5) is 0 Å². The van der Waals surface area contributed by atoms with E-state index in [1.807, 2.05) is 24.3 Å². The van der Waals surface area contributed by atoms with Gasteiger partial charge in [0.05, 0.1) is 5.69 Å². The Morgan fingerprint density at radius 3 is 2.78 bits per heavy atom. The van der Waals surface area contributed by atoms with Crippen molar-refractivity contribution in [2.45, 2.75) is 0 Å². The van der Waals surface area contributed by atoms with Gasteiger partial charge in [-0.05, 0) is 18.2 Å². The Labute approximate surface area is 103 Å². The lowest BCUT2D eigenvalue weighted by Crippen LogP contribution is -2.00. The van der Waals surface area contributed by atoms with Crippen LogP contribution in [0.3, 0.4) is 0 Å². The van der Waals surface area contributed by atoms with Crippen LogP contribution in [0.15, 0.2) is 53.1 Å². The van der Waals surface area contributed by atoms with Gasteiger partial charge in [0.25, 0.3) is 0 Å². The van der Waals surface area contributed by atoms with Crippen LogP contribution in [0, 0.1) is 0 Å². The van der Waals surface area contributed by atoms with E-state index in [4.69, 9.17) is 9.52 Å². The van der Waals surface area contributed by atoms with E-state index >= 15 is 0 Å². The number of aromatic nitrogens is 1. The molecule has 0 unspecified atom stereocenters. The third kappa shape index (κ3) is 1.64. The van der Waals surface area contributed by atoms with E-state index < -0.39 is 5.97 Å². The summed E-state index contributed by atoms with van der Waals surface area (Å²) in [7, 11) is 0. The zero-order valence-corrected chi connectivity index (χ0v) is 9.33. The second kappa shape index (κ2) is 4.00. The predicted molar refractivity (Wildman–Crippen MR) is 66.4 cm³/mol. The molecule has 2 aromatic heterocycles. The molecule has 0 radical (unpaired) electrons. The summed E-state index contributed by atoms with van der Waals surface area (Å²) < 4.78 is 5.42. The van der Waals surface area contributed by atoms with E-state index in [1.54, 1.807) is 18.4 Å². The lowest BCUT2D eigenvalue weighted by molar-refractivity contribution is 0.0690. The van der Waals surface area contributed by atoms with Gasteiger partial charge in [0.15, 0.2) is 0 Å². The topological polar surface area (TPSA) is 63.3 Å². The molecule has 3 aromatic rings. The molecule has 0 aliphatic rings. The Balaban J connectivity index is 2.20. The number of pyridine rings is 1. The zero-order chi connectivity index (χ0) is 12.5. The molecule has 2 heterocycles. The molecule has 0 aliphatic carbocycles. The molecule has 0 fully saturated rings. The van der Waals surface area contributed by atoms with Gasteiger partial charge in [0.1, 0.15) is 17.5 Å². The first-order valence-corrected chi connectivity index (χ1v) is 5.42. The van der Waals surface area contributed by atoms with Crippen LogP contribution in [0.5, 0.6) is 0 Å². The molecule has 0 bridgehead atoms. The number of nitrogens with zero attached hydrogens (tertiary/aromatic N) is 1. The maximum absolute atomic E-state index is 10.9. The van der Waals surface area contributed by atoms with Gasteiger partial charge in [0, 0.05) is 10.9 Å². The first kappa shape index (κ1) is 10.5. The molecule has 0 amide bonds. The standard InChI is InChI=1S/C14H9NO3/c16-14(17)12-6-3-5-11(15-12)10-8-18-13-7-2-1-4-9(10)13/h1-8H,(H,16,17). The maximum atomic E-state index is 10.9. The third-order valence-electron chi connectivity index (χ3n) is 2.73. The number of carbonyl (C=O) groups is 1. The van der Waals surface area contributed by atoms with Gasteiger partial charge >= 0.3 is 5.97 Å². The van der Waals surface area contributed by atoms with Crippen LogP contribution in [-0.2, 0) is 0 Å². The van der Waals surface area contributed by atoms with E-state index in [9.17, 15) is 4.79 Å². The Kier molecular flexibility index (Phi) is 2.34. The summed E-state index contributed by atoms with van der Waals surface area (Å²) in [5, 5.41) is 9.86. The lowest BCUT2D eigenvalue weighted by atomic mass is 10.1. The van der Waals surface area contributed by atoms with Crippen LogP contribution in [0.25, 0.3) is 22.2 Å². The second-order valence-electron chi connectivity index (χ2n) is 3.86. The minimum atomic E-state index is -1.04. The van der Waals surface area contributed by atoms with Crippen molar-refractivity contribution < 1.29 is 14.3 Å². The molecule has 3 rings (SSSR count). The fourth-order valence-corrected chi connectivity index (χ4v) is 1.88. The van der Waals surface area contributed by atoms with E-state index in [-0.39, 0.29) is 5.69 Å². The average molecular weight is 239 g/mol. The van der Waals surface area contributed by atoms with Gasteiger partial charge in [-0.15, -0.1) is 0 Å². The van der Waals surface area contributed by atoms with Crippen LogP contribution < -0.4 is 0 Å². The zero-order valence-electron chi connectivity index (χ0n) is 9.33. The molecule has 18 heavy (non-hydrogen) atoms. The number of rotatable bonds is 2. The van der Waals surface area contributed by atoms with Crippen molar-refractivity contribution in [1.29, 1.82) is 0 Å². The monoisotopic (exact) mass is 239 g/mol. The Morgan fingerprint density at radius 2 is 1.94 bits per heavy atom. The van der Waals surface area contributed by atoms with E-state index in [2.05, 4.69) is 4.98 Å². The summed E-state index contributed by atoms with van der Waals surface area (Å²) in [6, 6.07) is 12.5. The molecule has 1 N–H and O–H groups in total. The first-order valence-electron chi connectivity index (χ1n) is 5.42. The largest absolute Gasteiger partial charge is 0.477 e. The van der Waals surface area contributed by atoms with E-state index in [0.717, 1.165) is 16.5 Å². The van der Waals surface area contributed by atoms with Crippen molar-refractivity contribution in [2.24, 2.45) is 0 Å². The smallest absolute Gasteiger partial charge is 0.354 e. The normalized spacial score (nSPS) is 10.7. The van der Waals surface area contributed by atoms with Crippen LogP contribution in [-0.4, -0.2) is 16.1 Å². The molecule has 4 heteroatoms. The van der Waals surface area contributed by atoms with Crippen molar-refractivity contribution in [2.75, 3.05) is 0 Å². The molecule has 0 atom stereocenters. The summed E-state index contributed by atoms with van der Waals surface area (Å²) in [6.45, 7) is 0. The fourth-order valence-electron chi connectivity index (χ4n) is 1.88. The van der Waals surface area contributed by atoms with Crippen molar-refractivity contribution in [3.8, 4) is 11.3 Å². The Morgan fingerprint density at radius 1 is 1.11 bits per heavy atom. The summed E-state index contributed by atoms with van der Waals surface area (Å²) in [5.74, 6) is -1.04. The molecule has 0 spiro atoms. The number of fused-ring (bicyclic) bond motifs is 1. The Bertz CT molecular complexity index is 730. The van der Waals surface area contributed by atoms with Gasteiger partial charge in [-0.25, -0.2) is 9.78 Å². The number of hydrogen-bond acceptors (Lipinski definition) is 3. The highest BCUT2D eigenvalue weighted by Crippen LogP contribution is 2.29. The number of hydrogen-bond donors (Lipinski definition) is 1. The third-order valence-corrected chi connectivity index (χ3v) is 2.73. The molecule has 4 nitrogen and oxygen atoms in total. The average Bonchev–Trinajstić information content (AvgIpc) is 2.82. The van der Waals surface area contributed by atoms with Crippen molar-refractivity contribution >= 4 is 16.9 Å². The second-order valence-corrected chi connectivity index (χ2v) is 3.86. The van der Waals surface area contributed by atoms with Gasteiger partial charge in [-0.3, -0.25) is 0 Å². The van der Waals surface area contributed by atoms with E-state index in [0.29, 0.717) is 5.69 Å². The highest BCUT2D eigenvalue weighted by Gasteiger charge is 2.11. The number of carboxylic acids is 1.